The quantitative estimate of drug-likeness (QED) is 0.798. The largest absolute Gasteiger partial charge is 0.298 e. The maximum Gasteiger partial charge on any atom is 0.155 e. The molecule has 5 heteroatoms. The molecule has 0 atom stereocenters. The minimum Gasteiger partial charge on any atom is -0.298 e. The van der Waals surface area contributed by atoms with Crippen molar-refractivity contribution in [1.29, 1.82) is 0 Å². The number of hydrogen-bond acceptors (Lipinski definition) is 2. The number of carbonyl (C=O) groups is 1. The lowest BCUT2D eigenvalue weighted by Crippen LogP contribution is -1.85. The number of aromatic nitrogens is 2. The highest BCUT2D eigenvalue weighted by molar-refractivity contribution is 6.32. The molecule has 1 aromatic carbocycles. The van der Waals surface area contributed by atoms with Crippen LogP contribution in [0.3, 0.4) is 0 Å². The van der Waals surface area contributed by atoms with Gasteiger partial charge in [-0.15, -0.1) is 0 Å². The van der Waals surface area contributed by atoms with Crippen LogP contribution < -0.4 is 0 Å². The van der Waals surface area contributed by atoms with E-state index in [0.717, 1.165) is 0 Å². The van der Waals surface area contributed by atoms with Crippen molar-refractivity contribution < 1.29 is 9.18 Å². The Hall–Kier alpha value is -1.68. The van der Waals surface area contributed by atoms with Gasteiger partial charge in [-0.05, 0) is 12.1 Å². The van der Waals surface area contributed by atoms with Gasteiger partial charge in [0, 0.05) is 5.56 Å². The van der Waals surface area contributed by atoms with E-state index in [2.05, 4.69) is 10.2 Å². The van der Waals surface area contributed by atoms with Gasteiger partial charge in [0.2, 0.25) is 0 Å². The molecule has 2 aromatic rings. The van der Waals surface area contributed by atoms with Crippen LogP contribution in [0.2, 0.25) is 5.15 Å². The average molecular weight is 225 g/mol. The van der Waals surface area contributed by atoms with Gasteiger partial charge >= 0.3 is 0 Å². The number of rotatable bonds is 2. The van der Waals surface area contributed by atoms with E-state index in [1.807, 2.05) is 0 Å². The van der Waals surface area contributed by atoms with Crippen LogP contribution in [-0.4, -0.2) is 16.5 Å². The van der Waals surface area contributed by atoms with Crippen LogP contribution in [-0.2, 0) is 0 Å². The first-order valence-corrected chi connectivity index (χ1v) is 4.55. The van der Waals surface area contributed by atoms with Crippen LogP contribution in [0.25, 0.3) is 11.3 Å². The Balaban J connectivity index is 2.58. The van der Waals surface area contributed by atoms with Gasteiger partial charge in [-0.2, -0.15) is 5.10 Å². The Labute approximate surface area is 89.9 Å². The molecular weight excluding hydrogens is 219 g/mol. The number of hydrogen-bond donors (Lipinski definition) is 1. The van der Waals surface area contributed by atoms with Crippen molar-refractivity contribution in [3.8, 4) is 11.3 Å². The zero-order valence-electron chi connectivity index (χ0n) is 7.50. The lowest BCUT2D eigenvalue weighted by Gasteiger charge is -1.97. The number of nitrogens with zero attached hydrogens (tertiary/aromatic N) is 1. The van der Waals surface area contributed by atoms with Crippen molar-refractivity contribution in [2.24, 2.45) is 0 Å². The van der Waals surface area contributed by atoms with Gasteiger partial charge in [0.05, 0.1) is 5.56 Å². The van der Waals surface area contributed by atoms with Crippen molar-refractivity contribution in [2.45, 2.75) is 0 Å². The molecule has 0 radical (unpaired) electrons. The van der Waals surface area contributed by atoms with Gasteiger partial charge in [-0.3, -0.25) is 9.89 Å². The van der Waals surface area contributed by atoms with Crippen LogP contribution in [0, 0.1) is 5.82 Å². The molecule has 3 nitrogen and oxygen atoms in total. The van der Waals surface area contributed by atoms with Crippen LogP contribution in [0.5, 0.6) is 0 Å². The number of aromatic amines is 1. The standard InChI is InChI=1S/C10H6ClFN2O/c11-10-8(5-15)9(13-14-10)6-2-1-3-7(12)4-6/h1-5H,(H,13,14). The second-order valence-electron chi connectivity index (χ2n) is 2.93. The molecule has 0 fully saturated rings. The summed E-state index contributed by atoms with van der Waals surface area (Å²) in [5.74, 6) is -0.386. The lowest BCUT2D eigenvalue weighted by atomic mass is 10.1. The molecular formula is C10H6ClFN2O. The summed E-state index contributed by atoms with van der Waals surface area (Å²) in [6, 6.07) is 5.81. The fourth-order valence-electron chi connectivity index (χ4n) is 1.29. The van der Waals surface area contributed by atoms with Crippen molar-refractivity contribution >= 4 is 17.9 Å². The summed E-state index contributed by atoms with van der Waals surface area (Å²) in [6.07, 6.45) is 0.589. The van der Waals surface area contributed by atoms with E-state index in [-0.39, 0.29) is 16.5 Å². The van der Waals surface area contributed by atoms with Crippen LogP contribution in [0.1, 0.15) is 10.4 Å². The predicted molar refractivity (Wildman–Crippen MR) is 54.4 cm³/mol. The molecule has 1 N–H and O–H groups in total. The second kappa shape index (κ2) is 3.82. The number of aldehydes is 1. The van der Waals surface area contributed by atoms with Gasteiger partial charge in [0.15, 0.2) is 6.29 Å². The SMILES string of the molecule is O=Cc1c(-c2cccc(F)c2)n[nH]c1Cl. The summed E-state index contributed by atoms with van der Waals surface area (Å²) < 4.78 is 12.9. The molecule has 0 bridgehead atoms. The highest BCUT2D eigenvalue weighted by Gasteiger charge is 2.12. The number of halogens is 2. The predicted octanol–water partition coefficient (Wildman–Crippen LogP) is 2.68. The molecule has 0 spiro atoms. The van der Waals surface area contributed by atoms with Gasteiger partial charge in [0.1, 0.15) is 16.7 Å². The number of carbonyl (C=O) groups excluding carboxylic acids is 1. The Bertz CT molecular complexity index is 510. The monoisotopic (exact) mass is 224 g/mol. The molecule has 0 aliphatic rings. The van der Waals surface area contributed by atoms with Crippen molar-refractivity contribution in [3.63, 3.8) is 0 Å². The fourth-order valence-corrected chi connectivity index (χ4v) is 1.47. The van der Waals surface area contributed by atoms with Gasteiger partial charge in [0.25, 0.3) is 0 Å². The minimum atomic E-state index is -0.386. The smallest absolute Gasteiger partial charge is 0.155 e. The van der Waals surface area contributed by atoms with Crippen molar-refractivity contribution in [1.82, 2.24) is 10.2 Å². The Kier molecular flexibility index (Phi) is 2.51. The Morgan fingerprint density at radius 1 is 1.47 bits per heavy atom. The normalized spacial score (nSPS) is 10.3. The maximum absolute atomic E-state index is 12.9. The van der Waals surface area contributed by atoms with Gasteiger partial charge < -0.3 is 0 Å². The third-order valence-corrected chi connectivity index (χ3v) is 2.26. The fraction of sp³-hybridized carbons (Fsp3) is 0. The molecule has 0 aliphatic carbocycles. The van der Waals surface area contributed by atoms with Crippen molar-refractivity contribution in [3.05, 3.63) is 40.8 Å². The molecule has 0 aliphatic heterocycles. The Morgan fingerprint density at radius 3 is 2.93 bits per heavy atom. The molecule has 0 saturated heterocycles. The van der Waals surface area contributed by atoms with E-state index in [1.165, 1.54) is 12.1 Å². The molecule has 76 valence electrons. The first-order valence-electron chi connectivity index (χ1n) is 4.17. The molecule has 2 rings (SSSR count). The minimum absolute atomic E-state index is 0.157. The zero-order valence-corrected chi connectivity index (χ0v) is 8.25. The van der Waals surface area contributed by atoms with E-state index in [1.54, 1.807) is 12.1 Å². The summed E-state index contributed by atoms with van der Waals surface area (Å²) in [4.78, 5) is 10.7. The van der Waals surface area contributed by atoms with Crippen LogP contribution in [0.4, 0.5) is 4.39 Å². The lowest BCUT2D eigenvalue weighted by molar-refractivity contribution is 0.112. The number of H-pyrrole nitrogens is 1. The number of benzene rings is 1. The van der Waals surface area contributed by atoms with Crippen LogP contribution >= 0.6 is 11.6 Å². The molecule has 0 unspecified atom stereocenters. The first-order chi connectivity index (χ1) is 7.22. The first kappa shape index (κ1) is 9.86. The molecule has 15 heavy (non-hydrogen) atoms. The topological polar surface area (TPSA) is 45.8 Å². The zero-order chi connectivity index (χ0) is 10.8. The van der Waals surface area contributed by atoms with Crippen LogP contribution in [0.15, 0.2) is 24.3 Å². The molecule has 0 saturated carbocycles. The van der Waals surface area contributed by atoms with Gasteiger partial charge in [-0.1, -0.05) is 23.7 Å². The second-order valence-corrected chi connectivity index (χ2v) is 3.31. The number of nitrogens with one attached hydrogen (secondary N) is 1. The highest BCUT2D eigenvalue weighted by atomic mass is 35.5. The van der Waals surface area contributed by atoms with E-state index in [4.69, 9.17) is 11.6 Å². The van der Waals surface area contributed by atoms with Crippen molar-refractivity contribution in [2.75, 3.05) is 0 Å². The third-order valence-electron chi connectivity index (χ3n) is 1.97. The summed E-state index contributed by atoms with van der Waals surface area (Å²) in [5, 5.41) is 6.47. The molecule has 0 amide bonds. The summed E-state index contributed by atoms with van der Waals surface area (Å²) in [6.45, 7) is 0. The average Bonchev–Trinajstić information content (AvgIpc) is 2.59. The van der Waals surface area contributed by atoms with E-state index >= 15 is 0 Å². The molecule has 1 aromatic heterocycles. The van der Waals surface area contributed by atoms with Gasteiger partial charge in [-0.25, -0.2) is 4.39 Å². The summed E-state index contributed by atoms with van der Waals surface area (Å²) >= 11 is 5.69. The Morgan fingerprint density at radius 2 is 2.27 bits per heavy atom. The summed E-state index contributed by atoms with van der Waals surface area (Å²) in [7, 11) is 0. The maximum atomic E-state index is 12.9. The highest BCUT2D eigenvalue weighted by Crippen LogP contribution is 2.25. The van der Waals surface area contributed by atoms with E-state index in [0.29, 0.717) is 17.5 Å². The third kappa shape index (κ3) is 1.76. The summed E-state index contributed by atoms with van der Waals surface area (Å²) in [5.41, 5.74) is 1.11. The van der Waals surface area contributed by atoms with E-state index < -0.39 is 0 Å². The van der Waals surface area contributed by atoms with E-state index in [9.17, 15) is 9.18 Å². The molecule has 1 heterocycles.